The second kappa shape index (κ2) is 9.26. The van der Waals surface area contributed by atoms with Crippen LogP contribution in [-0.2, 0) is 0 Å². The summed E-state index contributed by atoms with van der Waals surface area (Å²) in [6.45, 7) is 13.6. The standard InChI is InChI=1S/C33H35NO/c1-21(2)24-17-28(23(5)6)32-29(18-24)30-19-25(22(3)4)20-31(33(30)35-32)34(26-13-9-7-10-14-26)27-15-11-8-12-16-27/h7-23H,1-6H3. The number of para-hydroxylation sites is 2. The van der Waals surface area contributed by atoms with Gasteiger partial charge in [-0.05, 0) is 76.9 Å². The van der Waals surface area contributed by atoms with E-state index in [1.54, 1.807) is 0 Å². The largest absolute Gasteiger partial charge is 0.454 e. The molecule has 0 aliphatic rings. The quantitative estimate of drug-likeness (QED) is 0.250. The van der Waals surface area contributed by atoms with Crippen LogP contribution in [-0.4, -0.2) is 0 Å². The Morgan fingerprint density at radius 1 is 0.543 bits per heavy atom. The molecule has 4 aromatic carbocycles. The minimum absolute atomic E-state index is 0.379. The van der Waals surface area contributed by atoms with Gasteiger partial charge in [-0.2, -0.15) is 0 Å². The zero-order chi connectivity index (χ0) is 24.7. The molecule has 1 aromatic heterocycles. The summed E-state index contributed by atoms with van der Waals surface area (Å²) < 4.78 is 6.83. The van der Waals surface area contributed by atoms with Crippen molar-refractivity contribution >= 4 is 39.0 Å². The van der Waals surface area contributed by atoms with Crippen LogP contribution in [0.3, 0.4) is 0 Å². The zero-order valence-electron chi connectivity index (χ0n) is 21.7. The highest BCUT2D eigenvalue weighted by Gasteiger charge is 2.23. The molecule has 2 heteroatoms. The molecule has 2 nitrogen and oxygen atoms in total. The van der Waals surface area contributed by atoms with Crippen molar-refractivity contribution in [3.05, 3.63) is 102 Å². The van der Waals surface area contributed by atoms with Gasteiger partial charge in [0, 0.05) is 22.1 Å². The highest BCUT2D eigenvalue weighted by molar-refractivity contribution is 6.11. The molecule has 0 bridgehead atoms. The SMILES string of the molecule is CC(C)c1cc(C(C)C)c2oc3c(N(c4ccccc4)c4ccccc4)cc(C(C)C)cc3c2c1. The number of rotatable bonds is 6. The van der Waals surface area contributed by atoms with Crippen LogP contribution < -0.4 is 4.90 Å². The molecule has 0 aliphatic heterocycles. The first kappa shape index (κ1) is 23.2. The van der Waals surface area contributed by atoms with Crippen molar-refractivity contribution in [2.45, 2.75) is 59.3 Å². The van der Waals surface area contributed by atoms with E-state index in [4.69, 9.17) is 4.42 Å². The van der Waals surface area contributed by atoms with Crippen molar-refractivity contribution in [2.75, 3.05) is 4.90 Å². The second-order valence-electron chi connectivity index (χ2n) is 10.5. The molecule has 35 heavy (non-hydrogen) atoms. The molecule has 5 rings (SSSR count). The minimum Gasteiger partial charge on any atom is -0.454 e. The summed E-state index contributed by atoms with van der Waals surface area (Å²) in [4.78, 5) is 2.33. The first-order valence-electron chi connectivity index (χ1n) is 12.8. The molecule has 0 unspecified atom stereocenters. The maximum absolute atomic E-state index is 6.83. The highest BCUT2D eigenvalue weighted by Crippen LogP contribution is 2.45. The average Bonchev–Trinajstić information content (AvgIpc) is 3.23. The van der Waals surface area contributed by atoms with Gasteiger partial charge in [0.15, 0.2) is 5.58 Å². The van der Waals surface area contributed by atoms with Crippen LogP contribution in [0.5, 0.6) is 0 Å². The summed E-state index contributed by atoms with van der Waals surface area (Å²) in [6, 6.07) is 30.5. The molecule has 178 valence electrons. The Balaban J connectivity index is 1.91. The molecule has 5 aromatic rings. The number of hydrogen-bond acceptors (Lipinski definition) is 2. The van der Waals surface area contributed by atoms with E-state index < -0.39 is 0 Å². The lowest BCUT2D eigenvalue weighted by atomic mass is 9.92. The molecule has 0 atom stereocenters. The maximum Gasteiger partial charge on any atom is 0.159 e. The molecule has 1 heterocycles. The maximum atomic E-state index is 6.83. The fourth-order valence-electron chi connectivity index (χ4n) is 4.88. The van der Waals surface area contributed by atoms with Crippen LogP contribution in [0.1, 0.15) is 76.0 Å². The molecular weight excluding hydrogens is 426 g/mol. The van der Waals surface area contributed by atoms with E-state index in [0.29, 0.717) is 17.8 Å². The minimum atomic E-state index is 0.379. The number of benzene rings is 4. The number of hydrogen-bond donors (Lipinski definition) is 0. The van der Waals surface area contributed by atoms with Gasteiger partial charge in [0.1, 0.15) is 5.58 Å². The summed E-state index contributed by atoms with van der Waals surface area (Å²) in [5.74, 6) is 1.23. The van der Waals surface area contributed by atoms with Crippen molar-refractivity contribution < 1.29 is 4.42 Å². The first-order chi connectivity index (χ1) is 16.8. The van der Waals surface area contributed by atoms with Gasteiger partial charge in [0.2, 0.25) is 0 Å². The van der Waals surface area contributed by atoms with E-state index in [0.717, 1.165) is 28.2 Å². The Hall–Kier alpha value is -3.52. The zero-order valence-corrected chi connectivity index (χ0v) is 21.7. The van der Waals surface area contributed by atoms with E-state index in [9.17, 15) is 0 Å². The molecule has 0 fully saturated rings. The van der Waals surface area contributed by atoms with E-state index >= 15 is 0 Å². The fraction of sp³-hybridized carbons (Fsp3) is 0.273. The molecule has 0 aliphatic carbocycles. The average molecular weight is 462 g/mol. The van der Waals surface area contributed by atoms with Gasteiger partial charge in [0.05, 0.1) is 5.69 Å². The van der Waals surface area contributed by atoms with Gasteiger partial charge >= 0.3 is 0 Å². The van der Waals surface area contributed by atoms with Crippen LogP contribution in [0, 0.1) is 0 Å². The van der Waals surface area contributed by atoms with E-state index in [-0.39, 0.29) is 0 Å². The summed E-state index contributed by atoms with van der Waals surface area (Å²) in [7, 11) is 0. The van der Waals surface area contributed by atoms with Crippen molar-refractivity contribution in [3.63, 3.8) is 0 Å². The molecule has 0 saturated heterocycles. The van der Waals surface area contributed by atoms with Crippen LogP contribution in [0.4, 0.5) is 17.1 Å². The molecule has 0 saturated carbocycles. The Kier molecular flexibility index (Phi) is 6.15. The lowest BCUT2D eigenvalue weighted by Gasteiger charge is -2.26. The molecule has 0 spiro atoms. The summed E-state index contributed by atoms with van der Waals surface area (Å²) in [5, 5.41) is 2.42. The van der Waals surface area contributed by atoms with Gasteiger partial charge < -0.3 is 9.32 Å². The van der Waals surface area contributed by atoms with Crippen LogP contribution in [0.2, 0.25) is 0 Å². The smallest absolute Gasteiger partial charge is 0.159 e. The Morgan fingerprint density at radius 3 is 1.51 bits per heavy atom. The first-order valence-corrected chi connectivity index (χ1v) is 12.8. The van der Waals surface area contributed by atoms with E-state index in [2.05, 4.69) is 131 Å². The van der Waals surface area contributed by atoms with E-state index in [1.165, 1.54) is 27.5 Å². The number of furan rings is 1. The lowest BCUT2D eigenvalue weighted by molar-refractivity contribution is 0.656. The molecule has 0 amide bonds. The van der Waals surface area contributed by atoms with Crippen molar-refractivity contribution in [3.8, 4) is 0 Å². The van der Waals surface area contributed by atoms with Crippen molar-refractivity contribution in [1.29, 1.82) is 0 Å². The summed E-state index contributed by atoms with van der Waals surface area (Å²) >= 11 is 0. The molecule has 0 N–H and O–H groups in total. The predicted octanol–water partition coefficient (Wildman–Crippen LogP) is 10.4. The Labute approximate surface area is 209 Å². The summed E-state index contributed by atoms with van der Waals surface area (Å²) in [5.41, 5.74) is 9.24. The predicted molar refractivity (Wildman–Crippen MR) is 151 cm³/mol. The fourth-order valence-corrected chi connectivity index (χ4v) is 4.88. The van der Waals surface area contributed by atoms with Crippen LogP contribution >= 0.6 is 0 Å². The summed E-state index contributed by atoms with van der Waals surface area (Å²) in [6.07, 6.45) is 0. The van der Waals surface area contributed by atoms with Crippen molar-refractivity contribution in [2.24, 2.45) is 0 Å². The van der Waals surface area contributed by atoms with Crippen molar-refractivity contribution in [1.82, 2.24) is 0 Å². The van der Waals surface area contributed by atoms with Crippen LogP contribution in [0.15, 0.2) is 89.3 Å². The monoisotopic (exact) mass is 461 g/mol. The van der Waals surface area contributed by atoms with Gasteiger partial charge in [-0.15, -0.1) is 0 Å². The molecule has 0 radical (unpaired) electrons. The number of nitrogens with zero attached hydrogens (tertiary/aromatic N) is 1. The van der Waals surface area contributed by atoms with E-state index in [1.807, 2.05) is 0 Å². The van der Waals surface area contributed by atoms with Gasteiger partial charge in [-0.3, -0.25) is 0 Å². The second-order valence-corrected chi connectivity index (χ2v) is 10.5. The van der Waals surface area contributed by atoms with Gasteiger partial charge in [0.25, 0.3) is 0 Å². The normalized spacial score (nSPS) is 11.9. The number of fused-ring (bicyclic) bond motifs is 3. The highest BCUT2D eigenvalue weighted by atomic mass is 16.3. The number of anilines is 3. The topological polar surface area (TPSA) is 16.4 Å². The lowest BCUT2D eigenvalue weighted by Crippen LogP contribution is -2.10. The Bertz CT molecular complexity index is 1420. The third kappa shape index (κ3) is 4.23. The van der Waals surface area contributed by atoms with Gasteiger partial charge in [-0.1, -0.05) is 84.0 Å². The Morgan fingerprint density at radius 2 is 1.03 bits per heavy atom. The molecular formula is C33H35NO. The third-order valence-electron chi connectivity index (χ3n) is 6.95. The third-order valence-corrected chi connectivity index (χ3v) is 6.95. The van der Waals surface area contributed by atoms with Gasteiger partial charge in [-0.25, -0.2) is 0 Å². The van der Waals surface area contributed by atoms with Crippen LogP contribution in [0.25, 0.3) is 21.9 Å².